The van der Waals surface area contributed by atoms with Gasteiger partial charge in [-0.1, -0.05) is 12.1 Å². The maximum Gasteiger partial charge on any atom is 0.257 e. The fourth-order valence-corrected chi connectivity index (χ4v) is 2.74. The third-order valence-electron chi connectivity index (χ3n) is 3.73. The topological polar surface area (TPSA) is 55.6 Å². The molecular weight excluding hydrogens is 276 g/mol. The van der Waals surface area contributed by atoms with Crippen molar-refractivity contribution in [3.8, 4) is 5.75 Å². The van der Waals surface area contributed by atoms with E-state index in [1.807, 2.05) is 29.2 Å². The number of hydrogen-bond donors (Lipinski definition) is 1. The van der Waals surface area contributed by atoms with Crippen molar-refractivity contribution in [2.75, 3.05) is 20.2 Å². The highest BCUT2D eigenvalue weighted by molar-refractivity contribution is 5.97. The number of para-hydroxylation sites is 1. The summed E-state index contributed by atoms with van der Waals surface area (Å²) in [5.74, 6) is 0.708. The van der Waals surface area contributed by atoms with Gasteiger partial charge in [0.2, 0.25) is 0 Å². The molecule has 20 heavy (non-hydrogen) atoms. The van der Waals surface area contributed by atoms with Crippen LogP contribution in [0.4, 0.5) is 0 Å². The van der Waals surface area contributed by atoms with E-state index in [9.17, 15) is 4.79 Å². The van der Waals surface area contributed by atoms with E-state index in [0.717, 1.165) is 25.8 Å². The second-order valence-corrected chi connectivity index (χ2v) is 4.93. The molecule has 0 aliphatic carbocycles. The van der Waals surface area contributed by atoms with Crippen molar-refractivity contribution in [1.82, 2.24) is 4.90 Å². The van der Waals surface area contributed by atoms with Crippen LogP contribution >= 0.6 is 12.4 Å². The fourth-order valence-electron chi connectivity index (χ4n) is 2.74. The zero-order chi connectivity index (χ0) is 13.7. The van der Waals surface area contributed by atoms with Gasteiger partial charge in [0.05, 0.1) is 12.7 Å². The number of nitrogens with zero attached hydrogens (tertiary/aromatic N) is 1. The van der Waals surface area contributed by atoms with E-state index < -0.39 is 0 Å². The van der Waals surface area contributed by atoms with Crippen molar-refractivity contribution < 1.29 is 9.53 Å². The summed E-state index contributed by atoms with van der Waals surface area (Å²) in [6.07, 6.45) is 4.18. The number of benzene rings is 1. The van der Waals surface area contributed by atoms with Gasteiger partial charge >= 0.3 is 0 Å². The fraction of sp³-hybridized carbons (Fsp3) is 0.533. The minimum atomic E-state index is 0. The van der Waals surface area contributed by atoms with Crippen LogP contribution in [0.25, 0.3) is 0 Å². The van der Waals surface area contributed by atoms with Crippen LogP contribution in [0.5, 0.6) is 5.75 Å². The lowest BCUT2D eigenvalue weighted by Gasteiger charge is -2.36. The first kappa shape index (κ1) is 16.8. The molecular formula is C15H23ClN2O2. The Bertz CT molecular complexity index is 438. The van der Waals surface area contributed by atoms with E-state index in [1.165, 1.54) is 6.42 Å². The van der Waals surface area contributed by atoms with Gasteiger partial charge < -0.3 is 15.4 Å². The summed E-state index contributed by atoms with van der Waals surface area (Å²) in [6.45, 7) is 1.45. The number of likely N-dealkylation sites (tertiary alicyclic amines) is 1. The predicted octanol–water partition coefficient (Wildman–Crippen LogP) is 2.46. The van der Waals surface area contributed by atoms with Crippen molar-refractivity contribution in [1.29, 1.82) is 0 Å². The SMILES string of the molecule is COc1ccccc1C(=O)N1CCCCC1CCN.Cl. The number of piperidine rings is 1. The molecule has 1 amide bonds. The van der Waals surface area contributed by atoms with Crippen LogP contribution in [0, 0.1) is 0 Å². The highest BCUT2D eigenvalue weighted by Gasteiger charge is 2.28. The van der Waals surface area contributed by atoms with Gasteiger partial charge in [0.15, 0.2) is 0 Å². The zero-order valence-corrected chi connectivity index (χ0v) is 12.7. The number of rotatable bonds is 4. The third kappa shape index (κ3) is 3.64. The number of methoxy groups -OCH3 is 1. The van der Waals surface area contributed by atoms with Crippen molar-refractivity contribution in [3.63, 3.8) is 0 Å². The van der Waals surface area contributed by atoms with Crippen molar-refractivity contribution >= 4 is 18.3 Å². The molecule has 5 heteroatoms. The minimum absolute atomic E-state index is 0. The second kappa shape index (κ2) is 8.12. The molecule has 1 aromatic carbocycles. The molecule has 0 saturated carbocycles. The Kier molecular flexibility index (Phi) is 6.82. The van der Waals surface area contributed by atoms with Crippen LogP contribution in [0.15, 0.2) is 24.3 Å². The van der Waals surface area contributed by atoms with E-state index in [0.29, 0.717) is 17.9 Å². The zero-order valence-electron chi connectivity index (χ0n) is 11.9. The molecule has 0 radical (unpaired) electrons. The standard InChI is InChI=1S/C15H22N2O2.ClH/c1-19-14-8-3-2-7-13(14)15(18)17-11-5-4-6-12(17)9-10-16;/h2-3,7-8,12H,4-6,9-11,16H2,1H3;1H. The van der Waals surface area contributed by atoms with E-state index >= 15 is 0 Å². The molecule has 0 spiro atoms. The lowest BCUT2D eigenvalue weighted by molar-refractivity contribution is 0.0601. The molecule has 112 valence electrons. The lowest BCUT2D eigenvalue weighted by Crippen LogP contribution is -2.44. The molecule has 1 aliphatic rings. The van der Waals surface area contributed by atoms with Crippen LogP contribution in [-0.2, 0) is 0 Å². The van der Waals surface area contributed by atoms with Crippen molar-refractivity contribution in [3.05, 3.63) is 29.8 Å². The number of carbonyl (C=O) groups is 1. The predicted molar refractivity (Wildman–Crippen MR) is 82.6 cm³/mol. The minimum Gasteiger partial charge on any atom is -0.496 e. The highest BCUT2D eigenvalue weighted by Crippen LogP contribution is 2.25. The van der Waals surface area contributed by atoms with Crippen LogP contribution < -0.4 is 10.5 Å². The Labute approximate surface area is 126 Å². The number of halogens is 1. The number of hydrogen-bond acceptors (Lipinski definition) is 3. The molecule has 2 N–H and O–H groups in total. The molecule has 0 bridgehead atoms. The average molecular weight is 299 g/mol. The van der Waals surface area contributed by atoms with Gasteiger partial charge in [-0.05, 0) is 44.4 Å². The molecule has 1 aromatic rings. The Morgan fingerprint density at radius 2 is 2.15 bits per heavy atom. The summed E-state index contributed by atoms with van der Waals surface area (Å²) in [5, 5.41) is 0. The lowest BCUT2D eigenvalue weighted by atomic mass is 9.98. The molecule has 4 nitrogen and oxygen atoms in total. The molecule has 1 fully saturated rings. The van der Waals surface area contributed by atoms with Crippen LogP contribution in [-0.4, -0.2) is 37.0 Å². The van der Waals surface area contributed by atoms with Gasteiger partial charge in [0.1, 0.15) is 5.75 Å². The Balaban J connectivity index is 0.00000200. The summed E-state index contributed by atoms with van der Waals surface area (Å²) in [5.41, 5.74) is 6.30. The number of nitrogens with two attached hydrogens (primary N) is 1. The molecule has 1 heterocycles. The van der Waals surface area contributed by atoms with Crippen LogP contribution in [0.3, 0.4) is 0 Å². The summed E-state index contributed by atoms with van der Waals surface area (Å²) in [7, 11) is 1.60. The van der Waals surface area contributed by atoms with E-state index in [2.05, 4.69) is 0 Å². The maximum absolute atomic E-state index is 12.7. The van der Waals surface area contributed by atoms with Gasteiger partial charge in [-0.25, -0.2) is 0 Å². The smallest absolute Gasteiger partial charge is 0.257 e. The van der Waals surface area contributed by atoms with Gasteiger partial charge in [-0.15, -0.1) is 12.4 Å². The average Bonchev–Trinajstić information content (AvgIpc) is 2.47. The quantitative estimate of drug-likeness (QED) is 0.929. The summed E-state index contributed by atoms with van der Waals surface area (Å²) in [4.78, 5) is 14.6. The number of carbonyl (C=O) groups excluding carboxylic acids is 1. The molecule has 0 aromatic heterocycles. The Morgan fingerprint density at radius 3 is 2.85 bits per heavy atom. The van der Waals surface area contributed by atoms with Gasteiger partial charge in [0, 0.05) is 12.6 Å². The molecule has 1 atom stereocenters. The Hall–Kier alpha value is -1.26. The largest absolute Gasteiger partial charge is 0.496 e. The van der Waals surface area contributed by atoms with Gasteiger partial charge in [-0.2, -0.15) is 0 Å². The molecule has 1 unspecified atom stereocenters. The monoisotopic (exact) mass is 298 g/mol. The molecule has 1 aliphatic heterocycles. The maximum atomic E-state index is 12.7. The number of ether oxygens (including phenoxy) is 1. The van der Waals surface area contributed by atoms with E-state index in [1.54, 1.807) is 7.11 Å². The van der Waals surface area contributed by atoms with Gasteiger partial charge in [0.25, 0.3) is 5.91 Å². The highest BCUT2D eigenvalue weighted by atomic mass is 35.5. The second-order valence-electron chi connectivity index (χ2n) is 4.93. The number of amides is 1. The summed E-state index contributed by atoms with van der Waals surface area (Å²) >= 11 is 0. The van der Waals surface area contributed by atoms with Gasteiger partial charge in [-0.3, -0.25) is 4.79 Å². The van der Waals surface area contributed by atoms with Crippen LogP contribution in [0.2, 0.25) is 0 Å². The summed E-state index contributed by atoms with van der Waals surface area (Å²) in [6, 6.07) is 7.68. The first-order chi connectivity index (χ1) is 9.27. The first-order valence-corrected chi connectivity index (χ1v) is 6.92. The van der Waals surface area contributed by atoms with Crippen LogP contribution in [0.1, 0.15) is 36.0 Å². The van der Waals surface area contributed by atoms with Crippen molar-refractivity contribution in [2.45, 2.75) is 31.7 Å². The molecule has 1 saturated heterocycles. The Morgan fingerprint density at radius 1 is 1.40 bits per heavy atom. The molecule has 2 rings (SSSR count). The summed E-state index contributed by atoms with van der Waals surface area (Å²) < 4.78 is 5.28. The normalized spacial score (nSPS) is 18.3. The van der Waals surface area contributed by atoms with Crippen molar-refractivity contribution in [2.24, 2.45) is 5.73 Å². The first-order valence-electron chi connectivity index (χ1n) is 6.92. The van der Waals surface area contributed by atoms with E-state index in [-0.39, 0.29) is 24.4 Å². The van der Waals surface area contributed by atoms with E-state index in [4.69, 9.17) is 10.5 Å². The third-order valence-corrected chi connectivity index (χ3v) is 3.73.